The molecule has 19 heavy (non-hydrogen) atoms. The topological polar surface area (TPSA) is 9.23 Å². The van der Waals surface area contributed by atoms with E-state index in [0.29, 0.717) is 12.2 Å². The molecule has 0 amide bonds. The average molecular weight is 256 g/mol. The van der Waals surface area contributed by atoms with Gasteiger partial charge in [-0.1, -0.05) is 60.7 Å². The van der Waals surface area contributed by atoms with Crippen LogP contribution in [0.4, 0.5) is 0 Å². The van der Waals surface area contributed by atoms with Gasteiger partial charge < -0.3 is 4.74 Å². The zero-order valence-electron chi connectivity index (χ0n) is 12.3. The lowest BCUT2D eigenvalue weighted by molar-refractivity contribution is 0.0300. The third-order valence-electron chi connectivity index (χ3n) is 2.43. The fourth-order valence-corrected chi connectivity index (χ4v) is 1.81. The van der Waals surface area contributed by atoms with Crippen LogP contribution in [0.1, 0.15) is 27.7 Å². The van der Waals surface area contributed by atoms with Crippen LogP contribution in [0.25, 0.3) is 11.1 Å². The number of benzene rings is 2. The predicted octanol–water partition coefficient (Wildman–Crippen LogP) is 5.17. The van der Waals surface area contributed by atoms with Gasteiger partial charge in [0.05, 0.1) is 12.2 Å². The summed E-state index contributed by atoms with van der Waals surface area (Å²) in [6.45, 7) is 8.17. The van der Waals surface area contributed by atoms with Gasteiger partial charge in [-0.05, 0) is 38.8 Å². The van der Waals surface area contributed by atoms with Gasteiger partial charge in [-0.2, -0.15) is 0 Å². The monoisotopic (exact) mass is 256 g/mol. The number of rotatable bonds is 3. The second-order valence-electron chi connectivity index (χ2n) is 4.97. The summed E-state index contributed by atoms with van der Waals surface area (Å²) in [7, 11) is 0. The van der Waals surface area contributed by atoms with Crippen LogP contribution in [0.5, 0.6) is 0 Å². The molecule has 102 valence electrons. The standard InChI is InChI=1S/C12H10.C6H14O/c1-3-7-11(8-4-1)12-9-5-2-6-10-12;1-5(2)7-6(3)4/h1-10H;5-6H,1-4H3. The minimum atomic E-state index is 0.375. The maximum atomic E-state index is 5.25. The van der Waals surface area contributed by atoms with Crippen LogP contribution < -0.4 is 0 Å². The Balaban J connectivity index is 0.000000224. The van der Waals surface area contributed by atoms with E-state index in [9.17, 15) is 0 Å². The minimum Gasteiger partial charge on any atom is -0.376 e. The molecule has 0 bridgehead atoms. The van der Waals surface area contributed by atoms with Crippen molar-refractivity contribution < 1.29 is 4.74 Å². The molecule has 0 heterocycles. The molecule has 0 atom stereocenters. The van der Waals surface area contributed by atoms with Crippen LogP contribution in [0, 0.1) is 0 Å². The molecule has 0 radical (unpaired) electrons. The highest BCUT2D eigenvalue weighted by Crippen LogP contribution is 2.17. The average Bonchev–Trinajstić information content (AvgIpc) is 2.40. The van der Waals surface area contributed by atoms with Crippen LogP contribution in [0.2, 0.25) is 0 Å². The summed E-state index contributed by atoms with van der Waals surface area (Å²) in [6.07, 6.45) is 0.750. The maximum absolute atomic E-state index is 5.25. The van der Waals surface area contributed by atoms with E-state index < -0.39 is 0 Å². The van der Waals surface area contributed by atoms with Crippen LogP contribution in [0.15, 0.2) is 60.7 Å². The molecule has 0 N–H and O–H groups in total. The molecule has 0 fully saturated rings. The molecule has 2 rings (SSSR count). The molecule has 0 unspecified atom stereocenters. The molecule has 1 heteroatoms. The maximum Gasteiger partial charge on any atom is 0.0522 e. The van der Waals surface area contributed by atoms with E-state index in [2.05, 4.69) is 48.5 Å². The highest BCUT2D eigenvalue weighted by Gasteiger charge is 1.94. The quantitative estimate of drug-likeness (QED) is 0.735. The van der Waals surface area contributed by atoms with Gasteiger partial charge in [0.2, 0.25) is 0 Å². The summed E-state index contributed by atoms with van der Waals surface area (Å²) >= 11 is 0. The molecule has 0 aliphatic heterocycles. The number of hydrogen-bond acceptors (Lipinski definition) is 1. The highest BCUT2D eigenvalue weighted by atomic mass is 16.5. The molecular weight excluding hydrogens is 232 g/mol. The first-order valence-corrected chi connectivity index (χ1v) is 6.85. The van der Waals surface area contributed by atoms with Gasteiger partial charge in [-0.15, -0.1) is 0 Å². The summed E-state index contributed by atoms with van der Waals surface area (Å²) in [5.41, 5.74) is 2.55. The second-order valence-corrected chi connectivity index (χ2v) is 4.97. The Kier molecular flexibility index (Phi) is 6.91. The Bertz CT molecular complexity index is 388. The van der Waals surface area contributed by atoms with Crippen molar-refractivity contribution in [1.82, 2.24) is 0 Å². The third kappa shape index (κ3) is 6.78. The molecule has 2 aromatic carbocycles. The Morgan fingerprint density at radius 3 is 1.11 bits per heavy atom. The largest absolute Gasteiger partial charge is 0.376 e. The molecule has 0 aliphatic rings. The second kappa shape index (κ2) is 8.49. The summed E-state index contributed by atoms with van der Waals surface area (Å²) in [6, 6.07) is 20.8. The summed E-state index contributed by atoms with van der Waals surface area (Å²) < 4.78 is 5.25. The summed E-state index contributed by atoms with van der Waals surface area (Å²) in [5, 5.41) is 0. The lowest BCUT2D eigenvalue weighted by Gasteiger charge is -2.09. The third-order valence-corrected chi connectivity index (χ3v) is 2.43. The van der Waals surface area contributed by atoms with Gasteiger partial charge in [0.1, 0.15) is 0 Å². The molecule has 0 spiro atoms. The smallest absolute Gasteiger partial charge is 0.0522 e. The van der Waals surface area contributed by atoms with E-state index in [4.69, 9.17) is 4.74 Å². The lowest BCUT2D eigenvalue weighted by atomic mass is 10.1. The molecule has 0 aromatic heterocycles. The van der Waals surface area contributed by atoms with E-state index in [-0.39, 0.29) is 0 Å². The fourth-order valence-electron chi connectivity index (χ4n) is 1.81. The molecule has 0 saturated heterocycles. The summed E-state index contributed by atoms with van der Waals surface area (Å²) in [4.78, 5) is 0. The highest BCUT2D eigenvalue weighted by molar-refractivity contribution is 5.62. The van der Waals surface area contributed by atoms with Gasteiger partial charge in [0.25, 0.3) is 0 Å². The summed E-state index contributed by atoms with van der Waals surface area (Å²) in [5.74, 6) is 0. The van der Waals surface area contributed by atoms with E-state index >= 15 is 0 Å². The van der Waals surface area contributed by atoms with Gasteiger partial charge in [0.15, 0.2) is 0 Å². The van der Waals surface area contributed by atoms with Crippen molar-refractivity contribution in [3.05, 3.63) is 60.7 Å². The van der Waals surface area contributed by atoms with Gasteiger partial charge >= 0.3 is 0 Å². The zero-order valence-corrected chi connectivity index (χ0v) is 12.3. The number of hydrogen-bond donors (Lipinski definition) is 0. The van der Waals surface area contributed by atoms with Crippen molar-refractivity contribution in [2.45, 2.75) is 39.9 Å². The normalized spacial score (nSPS) is 10.2. The van der Waals surface area contributed by atoms with Gasteiger partial charge in [-0.3, -0.25) is 0 Å². The Hall–Kier alpha value is -1.60. The SMILES string of the molecule is CC(C)OC(C)C.c1ccc(-c2ccccc2)cc1. The Morgan fingerprint density at radius 2 is 0.895 bits per heavy atom. The lowest BCUT2D eigenvalue weighted by Crippen LogP contribution is -2.09. The van der Waals surface area contributed by atoms with Crippen molar-refractivity contribution in [1.29, 1.82) is 0 Å². The number of ether oxygens (including phenoxy) is 1. The van der Waals surface area contributed by atoms with Gasteiger partial charge in [-0.25, -0.2) is 0 Å². The van der Waals surface area contributed by atoms with Crippen molar-refractivity contribution in [2.75, 3.05) is 0 Å². The van der Waals surface area contributed by atoms with Gasteiger partial charge in [0, 0.05) is 0 Å². The molecule has 0 aliphatic carbocycles. The fraction of sp³-hybridized carbons (Fsp3) is 0.333. The zero-order chi connectivity index (χ0) is 14.1. The Labute approximate surface area is 117 Å². The predicted molar refractivity (Wildman–Crippen MR) is 83.2 cm³/mol. The van der Waals surface area contributed by atoms with Crippen molar-refractivity contribution in [3.8, 4) is 11.1 Å². The van der Waals surface area contributed by atoms with E-state index in [1.165, 1.54) is 11.1 Å². The van der Waals surface area contributed by atoms with Crippen molar-refractivity contribution in [2.24, 2.45) is 0 Å². The van der Waals surface area contributed by atoms with E-state index in [1.54, 1.807) is 0 Å². The van der Waals surface area contributed by atoms with E-state index in [0.717, 1.165) is 0 Å². The Morgan fingerprint density at radius 1 is 0.579 bits per heavy atom. The van der Waals surface area contributed by atoms with Crippen LogP contribution in [-0.4, -0.2) is 12.2 Å². The molecular formula is C18H24O. The van der Waals surface area contributed by atoms with Crippen LogP contribution >= 0.6 is 0 Å². The van der Waals surface area contributed by atoms with Crippen molar-refractivity contribution >= 4 is 0 Å². The van der Waals surface area contributed by atoms with Crippen LogP contribution in [0.3, 0.4) is 0 Å². The first-order chi connectivity index (χ1) is 9.09. The first-order valence-electron chi connectivity index (χ1n) is 6.85. The molecule has 0 saturated carbocycles. The van der Waals surface area contributed by atoms with Crippen molar-refractivity contribution in [3.63, 3.8) is 0 Å². The minimum absolute atomic E-state index is 0.375. The molecule has 1 nitrogen and oxygen atoms in total. The first kappa shape index (κ1) is 15.5. The molecule has 2 aromatic rings. The van der Waals surface area contributed by atoms with Crippen LogP contribution in [-0.2, 0) is 4.74 Å². The van der Waals surface area contributed by atoms with E-state index in [1.807, 2.05) is 39.8 Å².